The number of nitrogens with two attached hydrogens (primary N) is 2. The molecule has 0 saturated carbocycles. The second kappa shape index (κ2) is 5.74. The normalized spacial score (nSPS) is 11.3. The van der Waals surface area contributed by atoms with Gasteiger partial charge < -0.3 is 11.5 Å². The van der Waals surface area contributed by atoms with Crippen molar-refractivity contribution in [2.24, 2.45) is 0 Å². The second-order valence-electron chi connectivity index (χ2n) is 5.17. The van der Waals surface area contributed by atoms with Gasteiger partial charge in [-0.25, -0.2) is 28.4 Å². The van der Waals surface area contributed by atoms with Crippen molar-refractivity contribution >= 4 is 34.0 Å². The molecule has 4 N–H and O–H groups in total. The molecule has 0 saturated heterocycles. The quantitative estimate of drug-likeness (QED) is 0.581. The number of fused-ring (bicyclic) bond motifs is 1. The van der Waals surface area contributed by atoms with Crippen LogP contribution >= 0.6 is 11.3 Å². The maximum absolute atomic E-state index is 13.8. The van der Waals surface area contributed by atoms with Crippen LogP contribution in [0.1, 0.15) is 4.88 Å². The molecule has 0 aliphatic rings. The Kier molecular flexibility index (Phi) is 3.53. The molecular formula is C15H10F2N7S. The number of aromatic nitrogens is 5. The van der Waals surface area contributed by atoms with E-state index in [-0.39, 0.29) is 35.5 Å². The Hall–Kier alpha value is -3.14. The standard InChI is InChI=1S/C15H10F2N7S/c16-7-3-8-13(14-21-11(18)4-12(19)22-14)23-24(15(8)20-5-7)6-10-9(17)1-2-25-10/h1-3,5H,6H2,(H4,18,19,21,22). The van der Waals surface area contributed by atoms with Crippen molar-refractivity contribution in [3.63, 3.8) is 0 Å². The average molecular weight is 358 g/mol. The van der Waals surface area contributed by atoms with E-state index < -0.39 is 5.82 Å². The minimum atomic E-state index is -0.543. The zero-order valence-corrected chi connectivity index (χ0v) is 13.4. The summed E-state index contributed by atoms with van der Waals surface area (Å²) in [6.45, 7) is 0.141. The molecular weight excluding hydrogens is 348 g/mol. The van der Waals surface area contributed by atoms with Crippen LogP contribution in [0.2, 0.25) is 0 Å². The highest BCUT2D eigenvalue weighted by atomic mass is 32.1. The van der Waals surface area contributed by atoms with Gasteiger partial charge in [-0.3, -0.25) is 0 Å². The van der Waals surface area contributed by atoms with Gasteiger partial charge in [-0.15, -0.1) is 11.3 Å². The van der Waals surface area contributed by atoms with Crippen molar-refractivity contribution in [1.82, 2.24) is 24.7 Å². The lowest BCUT2D eigenvalue weighted by atomic mass is 10.2. The molecule has 1 radical (unpaired) electrons. The zero-order valence-electron chi connectivity index (χ0n) is 12.6. The molecule has 0 atom stereocenters. The van der Waals surface area contributed by atoms with Crippen LogP contribution in [0, 0.1) is 17.7 Å². The predicted octanol–water partition coefficient (Wildman–Crippen LogP) is 2.24. The SMILES string of the molecule is Nc1[c]c(N)nc(-c2nn(Cc3sccc3F)c3ncc(F)cc23)n1. The summed E-state index contributed by atoms with van der Waals surface area (Å²) in [4.78, 5) is 12.6. The van der Waals surface area contributed by atoms with E-state index in [1.165, 1.54) is 28.2 Å². The molecule has 0 aromatic carbocycles. The van der Waals surface area contributed by atoms with Gasteiger partial charge in [0.2, 0.25) is 0 Å². The van der Waals surface area contributed by atoms with Crippen molar-refractivity contribution in [3.05, 3.63) is 46.3 Å². The number of hydrogen-bond donors (Lipinski definition) is 2. The first-order valence-electron chi connectivity index (χ1n) is 7.08. The van der Waals surface area contributed by atoms with E-state index in [4.69, 9.17) is 11.5 Å². The van der Waals surface area contributed by atoms with Crippen LogP contribution in [0.15, 0.2) is 23.7 Å². The highest BCUT2D eigenvalue weighted by molar-refractivity contribution is 7.09. The molecule has 0 aliphatic carbocycles. The van der Waals surface area contributed by atoms with E-state index in [0.717, 1.165) is 6.20 Å². The fourth-order valence-electron chi connectivity index (χ4n) is 2.43. The molecule has 0 unspecified atom stereocenters. The molecule has 0 fully saturated rings. The van der Waals surface area contributed by atoms with Crippen LogP contribution in [0.25, 0.3) is 22.6 Å². The van der Waals surface area contributed by atoms with E-state index in [2.05, 4.69) is 26.1 Å². The van der Waals surface area contributed by atoms with Crippen molar-refractivity contribution in [1.29, 1.82) is 0 Å². The molecule has 125 valence electrons. The monoisotopic (exact) mass is 358 g/mol. The number of nitrogens with zero attached hydrogens (tertiary/aromatic N) is 5. The van der Waals surface area contributed by atoms with Crippen molar-refractivity contribution in [2.45, 2.75) is 6.54 Å². The van der Waals surface area contributed by atoms with Gasteiger partial charge >= 0.3 is 0 Å². The van der Waals surface area contributed by atoms with E-state index in [0.29, 0.717) is 15.9 Å². The molecule has 4 aromatic heterocycles. The highest BCUT2D eigenvalue weighted by Gasteiger charge is 2.19. The summed E-state index contributed by atoms with van der Waals surface area (Å²) in [6, 6.07) is 5.19. The number of pyridine rings is 1. The number of thiophene rings is 1. The molecule has 0 bridgehead atoms. The Morgan fingerprint density at radius 1 is 1.20 bits per heavy atom. The zero-order chi connectivity index (χ0) is 17.6. The first-order chi connectivity index (χ1) is 12.0. The van der Waals surface area contributed by atoms with Gasteiger partial charge in [0.25, 0.3) is 0 Å². The summed E-state index contributed by atoms with van der Waals surface area (Å²) < 4.78 is 28.9. The van der Waals surface area contributed by atoms with Crippen LogP contribution in [0.3, 0.4) is 0 Å². The second-order valence-corrected chi connectivity index (χ2v) is 6.17. The summed E-state index contributed by atoms with van der Waals surface area (Å²) in [7, 11) is 0. The third kappa shape index (κ3) is 2.76. The third-order valence-corrected chi connectivity index (χ3v) is 4.34. The molecule has 0 aliphatic heterocycles. The average Bonchev–Trinajstić information content (AvgIpc) is 3.11. The fraction of sp³-hybridized carbons (Fsp3) is 0.0667. The van der Waals surface area contributed by atoms with Gasteiger partial charge in [-0.2, -0.15) is 5.10 Å². The van der Waals surface area contributed by atoms with Gasteiger partial charge in [0.1, 0.15) is 29.0 Å². The van der Waals surface area contributed by atoms with Crippen LogP contribution in [0.5, 0.6) is 0 Å². The number of hydrogen-bond acceptors (Lipinski definition) is 7. The topological polar surface area (TPSA) is 109 Å². The Morgan fingerprint density at radius 2 is 1.96 bits per heavy atom. The van der Waals surface area contributed by atoms with E-state index in [1.54, 1.807) is 5.38 Å². The van der Waals surface area contributed by atoms with Crippen LogP contribution in [0.4, 0.5) is 20.4 Å². The lowest BCUT2D eigenvalue weighted by Gasteiger charge is -2.01. The molecule has 10 heteroatoms. The smallest absolute Gasteiger partial charge is 0.184 e. The first kappa shape index (κ1) is 15.4. The maximum Gasteiger partial charge on any atom is 0.184 e. The lowest BCUT2D eigenvalue weighted by molar-refractivity contribution is 0.599. The Balaban J connectivity index is 1.92. The molecule has 7 nitrogen and oxygen atoms in total. The Labute approximate surface area is 144 Å². The van der Waals surface area contributed by atoms with Crippen LogP contribution in [-0.4, -0.2) is 24.7 Å². The van der Waals surface area contributed by atoms with Crippen molar-refractivity contribution in [2.75, 3.05) is 11.5 Å². The molecule has 0 spiro atoms. The minimum Gasteiger partial charge on any atom is -0.383 e. The Bertz CT molecular complexity index is 1070. The molecule has 0 amide bonds. The minimum absolute atomic E-state index is 0.0406. The fourth-order valence-corrected chi connectivity index (χ4v) is 3.16. The summed E-state index contributed by atoms with van der Waals surface area (Å²) in [5, 5.41) is 6.39. The maximum atomic E-state index is 13.8. The van der Waals surface area contributed by atoms with Gasteiger partial charge in [-0.05, 0) is 17.5 Å². The summed E-state index contributed by atoms with van der Waals surface area (Å²) in [5.41, 5.74) is 11.9. The number of nitrogen functional groups attached to an aromatic ring is 2. The first-order valence-corrected chi connectivity index (χ1v) is 7.96. The number of anilines is 2. The van der Waals surface area contributed by atoms with Crippen LogP contribution in [-0.2, 0) is 6.54 Å². The Morgan fingerprint density at radius 3 is 2.64 bits per heavy atom. The van der Waals surface area contributed by atoms with Gasteiger partial charge in [0, 0.05) is 0 Å². The van der Waals surface area contributed by atoms with Crippen molar-refractivity contribution < 1.29 is 8.78 Å². The summed E-state index contributed by atoms with van der Waals surface area (Å²) >= 11 is 1.25. The number of halogens is 2. The van der Waals surface area contributed by atoms with E-state index in [1.807, 2.05) is 0 Å². The number of rotatable bonds is 3. The van der Waals surface area contributed by atoms with Crippen LogP contribution < -0.4 is 11.5 Å². The highest BCUT2D eigenvalue weighted by Crippen LogP contribution is 2.27. The summed E-state index contributed by atoms with van der Waals surface area (Å²) in [5.74, 6) is -0.676. The molecule has 4 rings (SSSR count). The third-order valence-electron chi connectivity index (χ3n) is 3.46. The predicted molar refractivity (Wildman–Crippen MR) is 89.6 cm³/mol. The lowest BCUT2D eigenvalue weighted by Crippen LogP contribution is -2.04. The van der Waals surface area contributed by atoms with Gasteiger partial charge in [0.15, 0.2) is 11.5 Å². The van der Waals surface area contributed by atoms with E-state index >= 15 is 0 Å². The van der Waals surface area contributed by atoms with Gasteiger partial charge in [0.05, 0.1) is 29.1 Å². The summed E-state index contributed by atoms with van der Waals surface area (Å²) in [6.07, 6.45) is 1.07. The van der Waals surface area contributed by atoms with Gasteiger partial charge in [-0.1, -0.05) is 0 Å². The largest absolute Gasteiger partial charge is 0.383 e. The molecule has 4 heterocycles. The van der Waals surface area contributed by atoms with E-state index in [9.17, 15) is 8.78 Å². The molecule has 25 heavy (non-hydrogen) atoms. The molecule has 4 aromatic rings. The van der Waals surface area contributed by atoms with Crippen molar-refractivity contribution in [3.8, 4) is 11.5 Å².